The van der Waals surface area contributed by atoms with Crippen molar-refractivity contribution in [3.05, 3.63) is 52.1 Å². The van der Waals surface area contributed by atoms with Crippen molar-refractivity contribution in [2.24, 2.45) is 0 Å². The number of carbonyl (C=O) groups excluding carboxylic acids is 2. The van der Waals surface area contributed by atoms with Gasteiger partial charge in [-0.05, 0) is 30.3 Å². The third-order valence-corrected chi connectivity index (χ3v) is 4.78. The van der Waals surface area contributed by atoms with Crippen molar-refractivity contribution in [1.29, 1.82) is 0 Å². The fourth-order valence-electron chi connectivity index (χ4n) is 2.62. The van der Waals surface area contributed by atoms with E-state index in [1.54, 1.807) is 37.2 Å². The van der Waals surface area contributed by atoms with Gasteiger partial charge < -0.3 is 10.2 Å². The summed E-state index contributed by atoms with van der Waals surface area (Å²) in [5, 5.41) is 17.0. The van der Waals surface area contributed by atoms with Crippen molar-refractivity contribution in [2.75, 3.05) is 29.6 Å². The molecule has 1 heterocycles. The van der Waals surface area contributed by atoms with E-state index in [2.05, 4.69) is 15.6 Å². The molecule has 0 aliphatic heterocycles. The van der Waals surface area contributed by atoms with Crippen LogP contribution in [0.15, 0.2) is 36.4 Å². The predicted molar refractivity (Wildman–Crippen MR) is 109 cm³/mol. The lowest BCUT2D eigenvalue weighted by molar-refractivity contribution is -0.384. The molecule has 0 unspecified atom stereocenters. The van der Waals surface area contributed by atoms with Gasteiger partial charge >= 0.3 is 0 Å². The molecule has 144 valence electrons. The van der Waals surface area contributed by atoms with E-state index in [9.17, 15) is 19.7 Å². The number of rotatable bonds is 5. The third kappa shape index (κ3) is 4.07. The van der Waals surface area contributed by atoms with Crippen molar-refractivity contribution < 1.29 is 14.5 Å². The first-order chi connectivity index (χ1) is 13.2. The van der Waals surface area contributed by atoms with Gasteiger partial charge in [0.05, 0.1) is 15.1 Å². The van der Waals surface area contributed by atoms with E-state index in [1.807, 2.05) is 0 Å². The largest absolute Gasteiger partial charge is 0.372 e. The SMILES string of the molecule is CC(=O)Nc1ccc2nc(NC(=O)c3ccc(N(C)C)c([N+](=O)[O-])c3)sc2c1. The maximum Gasteiger partial charge on any atom is 0.293 e. The topological polar surface area (TPSA) is 117 Å². The lowest BCUT2D eigenvalue weighted by atomic mass is 10.1. The number of nitrogens with zero attached hydrogens (tertiary/aromatic N) is 3. The Labute approximate surface area is 164 Å². The molecule has 3 aromatic rings. The van der Waals surface area contributed by atoms with Crippen molar-refractivity contribution in [3.8, 4) is 0 Å². The first kappa shape index (κ1) is 19.2. The standard InChI is InChI=1S/C18H17N5O4S/c1-10(24)19-12-5-6-13-16(9-12)28-18(20-13)21-17(25)11-4-7-14(22(2)3)15(8-11)23(26)27/h4-9H,1-3H3,(H,19,24)(H,20,21,25). The summed E-state index contributed by atoms with van der Waals surface area (Å²) in [4.78, 5) is 40.4. The molecule has 1 aromatic heterocycles. The van der Waals surface area contributed by atoms with E-state index >= 15 is 0 Å². The van der Waals surface area contributed by atoms with Crippen LogP contribution in [0.25, 0.3) is 10.2 Å². The molecule has 0 aliphatic carbocycles. The number of nitro groups is 1. The van der Waals surface area contributed by atoms with Gasteiger partial charge in [0.25, 0.3) is 11.6 Å². The molecule has 0 atom stereocenters. The van der Waals surface area contributed by atoms with Crippen LogP contribution in [-0.4, -0.2) is 35.8 Å². The Morgan fingerprint density at radius 1 is 1.14 bits per heavy atom. The number of anilines is 3. The van der Waals surface area contributed by atoms with E-state index in [0.29, 0.717) is 22.0 Å². The highest BCUT2D eigenvalue weighted by Gasteiger charge is 2.19. The molecule has 28 heavy (non-hydrogen) atoms. The average Bonchev–Trinajstić information content (AvgIpc) is 3.01. The van der Waals surface area contributed by atoms with Crippen LogP contribution in [0.3, 0.4) is 0 Å². The molecule has 0 aliphatic rings. The highest BCUT2D eigenvalue weighted by atomic mass is 32.1. The van der Waals surface area contributed by atoms with Crippen LogP contribution >= 0.6 is 11.3 Å². The Kier molecular flexibility index (Phi) is 5.23. The van der Waals surface area contributed by atoms with Crippen LogP contribution in [0.5, 0.6) is 0 Å². The summed E-state index contributed by atoms with van der Waals surface area (Å²) in [5.74, 6) is -0.672. The van der Waals surface area contributed by atoms with E-state index in [1.165, 1.54) is 36.5 Å². The van der Waals surface area contributed by atoms with Gasteiger partial charge in [-0.2, -0.15) is 0 Å². The lowest BCUT2D eigenvalue weighted by Gasteiger charge is -2.13. The Hall–Kier alpha value is -3.53. The highest BCUT2D eigenvalue weighted by molar-refractivity contribution is 7.22. The fourth-order valence-corrected chi connectivity index (χ4v) is 3.52. The minimum atomic E-state index is -0.520. The molecule has 3 rings (SSSR count). The van der Waals surface area contributed by atoms with Gasteiger partial charge in [0.2, 0.25) is 5.91 Å². The number of carbonyl (C=O) groups is 2. The zero-order chi connectivity index (χ0) is 20.4. The molecule has 10 heteroatoms. The summed E-state index contributed by atoms with van der Waals surface area (Å²) in [6.45, 7) is 1.42. The number of benzene rings is 2. The lowest BCUT2D eigenvalue weighted by Crippen LogP contribution is -2.14. The molecule has 0 fully saturated rings. The number of hydrogen-bond donors (Lipinski definition) is 2. The monoisotopic (exact) mass is 399 g/mol. The van der Waals surface area contributed by atoms with Crippen molar-refractivity contribution in [3.63, 3.8) is 0 Å². The molecular formula is C18H17N5O4S. The van der Waals surface area contributed by atoms with E-state index in [-0.39, 0.29) is 17.2 Å². The van der Waals surface area contributed by atoms with Gasteiger partial charge in [0.1, 0.15) is 5.69 Å². The number of aromatic nitrogens is 1. The molecule has 9 nitrogen and oxygen atoms in total. The molecule has 0 radical (unpaired) electrons. The van der Waals surface area contributed by atoms with Gasteiger partial charge in [-0.15, -0.1) is 0 Å². The normalized spacial score (nSPS) is 10.5. The third-order valence-electron chi connectivity index (χ3n) is 3.85. The summed E-state index contributed by atoms with van der Waals surface area (Å²) in [5.41, 5.74) is 1.73. The van der Waals surface area contributed by atoms with Crippen LogP contribution < -0.4 is 15.5 Å². The Bertz CT molecular complexity index is 1090. The van der Waals surface area contributed by atoms with E-state index in [0.717, 1.165) is 4.70 Å². The average molecular weight is 399 g/mol. The van der Waals surface area contributed by atoms with Crippen molar-refractivity contribution >= 4 is 55.6 Å². The summed E-state index contributed by atoms with van der Waals surface area (Å²) in [6, 6.07) is 9.53. The summed E-state index contributed by atoms with van der Waals surface area (Å²) in [6.07, 6.45) is 0. The second-order valence-electron chi connectivity index (χ2n) is 6.19. The minimum Gasteiger partial charge on any atom is -0.372 e. The van der Waals surface area contributed by atoms with Crippen molar-refractivity contribution in [2.45, 2.75) is 6.92 Å². The molecule has 2 aromatic carbocycles. The van der Waals surface area contributed by atoms with E-state index in [4.69, 9.17) is 0 Å². The smallest absolute Gasteiger partial charge is 0.293 e. The Balaban J connectivity index is 1.85. The number of hydrogen-bond acceptors (Lipinski definition) is 7. The Morgan fingerprint density at radius 3 is 2.54 bits per heavy atom. The number of fused-ring (bicyclic) bond motifs is 1. The molecule has 0 saturated carbocycles. The fraction of sp³-hybridized carbons (Fsp3) is 0.167. The zero-order valence-corrected chi connectivity index (χ0v) is 16.2. The van der Waals surface area contributed by atoms with Gasteiger partial charge in [0, 0.05) is 38.3 Å². The number of amides is 2. The summed E-state index contributed by atoms with van der Waals surface area (Å²) >= 11 is 1.24. The molecule has 2 amide bonds. The first-order valence-corrected chi connectivity index (χ1v) is 9.01. The molecular weight excluding hydrogens is 382 g/mol. The van der Waals surface area contributed by atoms with E-state index < -0.39 is 10.8 Å². The van der Waals surface area contributed by atoms with Crippen LogP contribution in [0.1, 0.15) is 17.3 Å². The number of thiazole rings is 1. The summed E-state index contributed by atoms with van der Waals surface area (Å²) in [7, 11) is 3.39. The molecule has 0 saturated heterocycles. The number of nitro benzene ring substituents is 1. The molecule has 0 spiro atoms. The number of nitrogens with one attached hydrogen (secondary N) is 2. The highest BCUT2D eigenvalue weighted by Crippen LogP contribution is 2.30. The van der Waals surface area contributed by atoms with Crippen LogP contribution in [0.4, 0.5) is 22.2 Å². The van der Waals surface area contributed by atoms with Crippen molar-refractivity contribution in [1.82, 2.24) is 4.98 Å². The minimum absolute atomic E-state index is 0.151. The first-order valence-electron chi connectivity index (χ1n) is 8.20. The van der Waals surface area contributed by atoms with Gasteiger partial charge in [0.15, 0.2) is 5.13 Å². The van der Waals surface area contributed by atoms with Crippen LogP contribution in [0.2, 0.25) is 0 Å². The quantitative estimate of drug-likeness (QED) is 0.501. The maximum absolute atomic E-state index is 12.5. The summed E-state index contributed by atoms with van der Waals surface area (Å²) < 4.78 is 0.787. The second-order valence-corrected chi connectivity index (χ2v) is 7.22. The molecule has 2 N–H and O–H groups in total. The van der Waals surface area contributed by atoms with Gasteiger partial charge in [-0.3, -0.25) is 25.0 Å². The van der Waals surface area contributed by atoms with Crippen LogP contribution in [0, 0.1) is 10.1 Å². The maximum atomic E-state index is 12.5. The zero-order valence-electron chi connectivity index (χ0n) is 15.3. The second kappa shape index (κ2) is 7.61. The van der Waals surface area contributed by atoms with Gasteiger partial charge in [-0.25, -0.2) is 4.98 Å². The van der Waals surface area contributed by atoms with Crippen LogP contribution in [-0.2, 0) is 4.79 Å². The van der Waals surface area contributed by atoms with Gasteiger partial charge in [-0.1, -0.05) is 11.3 Å². The Morgan fingerprint density at radius 2 is 1.89 bits per heavy atom. The predicted octanol–water partition coefficient (Wildman–Crippen LogP) is 3.48. The molecule has 0 bridgehead atoms.